The van der Waals surface area contributed by atoms with E-state index in [1.165, 1.54) is 6.07 Å². The Kier molecular flexibility index (Phi) is 2.93. The van der Waals surface area contributed by atoms with E-state index in [-0.39, 0.29) is 11.6 Å². The van der Waals surface area contributed by atoms with E-state index in [0.717, 1.165) is 11.1 Å². The predicted molar refractivity (Wildman–Crippen MR) is 85.1 cm³/mol. The van der Waals surface area contributed by atoms with Gasteiger partial charge in [0.1, 0.15) is 23.1 Å². The summed E-state index contributed by atoms with van der Waals surface area (Å²) in [6.45, 7) is 1.85. The van der Waals surface area contributed by atoms with Crippen molar-refractivity contribution in [2.24, 2.45) is 5.73 Å². The first-order chi connectivity index (χ1) is 11.6. The Hall–Kier alpha value is -3.53. The summed E-state index contributed by atoms with van der Waals surface area (Å²) in [4.78, 5) is 8.73. The number of hydrogen-bond acceptors (Lipinski definition) is 6. The Morgan fingerprint density at radius 2 is 2.25 bits per heavy atom. The van der Waals surface area contributed by atoms with Crippen molar-refractivity contribution in [3.63, 3.8) is 0 Å². The fraction of sp³-hybridized carbons (Fsp3) is 0.118. The first-order valence-corrected chi connectivity index (χ1v) is 7.29. The van der Waals surface area contributed by atoms with Gasteiger partial charge in [-0.25, -0.2) is 9.97 Å². The highest BCUT2D eigenvalue weighted by molar-refractivity contribution is 5.59. The van der Waals surface area contributed by atoms with Crippen LogP contribution in [-0.2, 0) is 0 Å². The van der Waals surface area contributed by atoms with Crippen molar-refractivity contribution < 1.29 is 9.84 Å². The summed E-state index contributed by atoms with van der Waals surface area (Å²) in [6.07, 6.45) is 5.31. The molecule has 1 aromatic carbocycles. The number of aromatic nitrogens is 3. The molecule has 0 amide bonds. The second kappa shape index (κ2) is 4.99. The maximum atomic E-state index is 9.82. The maximum Gasteiger partial charge on any atom is 0.233 e. The zero-order valence-electron chi connectivity index (χ0n) is 12.8. The van der Waals surface area contributed by atoms with Gasteiger partial charge in [0.2, 0.25) is 11.7 Å². The normalized spacial score (nSPS) is 16.6. The highest BCUT2D eigenvalue weighted by Crippen LogP contribution is 2.44. The third-order valence-electron chi connectivity index (χ3n) is 4.07. The first kappa shape index (κ1) is 14.1. The van der Waals surface area contributed by atoms with E-state index in [1.54, 1.807) is 22.7 Å². The molecular weight excluding hydrogens is 306 g/mol. The number of phenolic OH excluding ortho intramolecular Hbond substituents is 1. The van der Waals surface area contributed by atoms with Crippen molar-refractivity contribution in [2.75, 3.05) is 0 Å². The van der Waals surface area contributed by atoms with E-state index < -0.39 is 5.92 Å². The first-order valence-electron chi connectivity index (χ1n) is 7.29. The van der Waals surface area contributed by atoms with Crippen molar-refractivity contribution in [1.29, 1.82) is 5.26 Å². The molecule has 1 atom stereocenters. The molecule has 3 N–H and O–H groups in total. The number of aromatic hydroxyl groups is 1. The van der Waals surface area contributed by atoms with Gasteiger partial charge < -0.3 is 15.6 Å². The minimum absolute atomic E-state index is 0.0185. The van der Waals surface area contributed by atoms with Gasteiger partial charge in [-0.15, -0.1) is 0 Å². The zero-order valence-corrected chi connectivity index (χ0v) is 12.8. The summed E-state index contributed by atoms with van der Waals surface area (Å²) in [6, 6.07) is 7.04. The Labute approximate surface area is 137 Å². The zero-order chi connectivity index (χ0) is 16.8. The molecule has 0 saturated carbocycles. The molecule has 3 aromatic rings. The largest absolute Gasteiger partial charge is 0.508 e. The van der Waals surface area contributed by atoms with E-state index in [4.69, 9.17) is 10.5 Å². The number of fused-ring (bicyclic) bond motifs is 2. The van der Waals surface area contributed by atoms with Gasteiger partial charge in [-0.05, 0) is 24.6 Å². The summed E-state index contributed by atoms with van der Waals surface area (Å²) in [5.74, 6) is 0.591. The molecule has 7 heteroatoms. The standard InChI is InChI=1S/C17H13N5O2/c1-9-5-10(23)6-13-14(9)15(11(7-18)16(19)24-13)12-8-22-4-2-3-20-17(22)21-12/h2-6,8,15,23H,19H2,1H3. The highest BCUT2D eigenvalue weighted by Gasteiger charge is 2.34. The van der Waals surface area contributed by atoms with Gasteiger partial charge in [0.25, 0.3) is 0 Å². The van der Waals surface area contributed by atoms with E-state index in [2.05, 4.69) is 16.0 Å². The highest BCUT2D eigenvalue weighted by atomic mass is 16.5. The maximum absolute atomic E-state index is 9.82. The summed E-state index contributed by atoms with van der Waals surface area (Å²) in [7, 11) is 0. The number of imidazole rings is 1. The Morgan fingerprint density at radius 3 is 3.00 bits per heavy atom. The third kappa shape index (κ3) is 1.97. The van der Waals surface area contributed by atoms with Crippen LogP contribution in [0.15, 0.2) is 48.2 Å². The van der Waals surface area contributed by atoms with E-state index >= 15 is 0 Å². The number of ether oxygens (including phenoxy) is 1. The fourth-order valence-corrected chi connectivity index (χ4v) is 3.06. The van der Waals surface area contributed by atoms with Gasteiger partial charge in [0.15, 0.2) is 0 Å². The van der Waals surface area contributed by atoms with Crippen LogP contribution in [0.25, 0.3) is 5.78 Å². The molecule has 0 bridgehead atoms. The Bertz CT molecular complexity index is 1010. The summed E-state index contributed by atoms with van der Waals surface area (Å²) in [5, 5.41) is 19.4. The minimum atomic E-state index is -0.471. The summed E-state index contributed by atoms with van der Waals surface area (Å²) < 4.78 is 7.33. The van der Waals surface area contributed by atoms with Crippen molar-refractivity contribution in [1.82, 2.24) is 14.4 Å². The lowest BCUT2D eigenvalue weighted by atomic mass is 9.84. The lowest BCUT2D eigenvalue weighted by Gasteiger charge is -2.26. The van der Waals surface area contributed by atoms with Crippen LogP contribution in [0, 0.1) is 18.3 Å². The van der Waals surface area contributed by atoms with E-state index in [1.807, 2.05) is 19.3 Å². The van der Waals surface area contributed by atoms with Crippen LogP contribution >= 0.6 is 0 Å². The Morgan fingerprint density at radius 1 is 1.42 bits per heavy atom. The second-order valence-corrected chi connectivity index (χ2v) is 5.59. The molecule has 118 valence electrons. The van der Waals surface area contributed by atoms with Gasteiger partial charge in [-0.1, -0.05) is 0 Å². The molecule has 1 aliphatic heterocycles. The van der Waals surface area contributed by atoms with Crippen LogP contribution in [0.3, 0.4) is 0 Å². The third-order valence-corrected chi connectivity index (χ3v) is 4.07. The topological polar surface area (TPSA) is 109 Å². The smallest absolute Gasteiger partial charge is 0.233 e. The second-order valence-electron chi connectivity index (χ2n) is 5.59. The SMILES string of the molecule is Cc1cc(O)cc2c1C(c1cn3cccnc3n1)C(C#N)=C(N)O2. The van der Waals surface area contributed by atoms with E-state index in [0.29, 0.717) is 22.8 Å². The fourth-order valence-electron chi connectivity index (χ4n) is 3.06. The van der Waals surface area contributed by atoms with Gasteiger partial charge in [-0.2, -0.15) is 5.26 Å². The van der Waals surface area contributed by atoms with Crippen LogP contribution in [0.5, 0.6) is 11.5 Å². The molecule has 0 aliphatic carbocycles. The number of rotatable bonds is 1. The molecule has 1 aliphatic rings. The average molecular weight is 319 g/mol. The molecule has 3 heterocycles. The number of phenols is 1. The molecule has 7 nitrogen and oxygen atoms in total. The molecule has 1 unspecified atom stereocenters. The van der Waals surface area contributed by atoms with Crippen molar-refractivity contribution >= 4 is 5.78 Å². The van der Waals surface area contributed by atoms with Crippen LogP contribution in [0.2, 0.25) is 0 Å². The lowest BCUT2D eigenvalue weighted by Crippen LogP contribution is -2.22. The van der Waals surface area contributed by atoms with Crippen molar-refractivity contribution in [3.8, 4) is 17.6 Å². The Balaban J connectivity index is 2.00. The number of nitrogens with zero attached hydrogens (tertiary/aromatic N) is 4. The minimum Gasteiger partial charge on any atom is -0.508 e. The van der Waals surface area contributed by atoms with Gasteiger partial charge in [0.05, 0.1) is 11.6 Å². The van der Waals surface area contributed by atoms with Crippen LogP contribution in [0.1, 0.15) is 22.7 Å². The van der Waals surface area contributed by atoms with Gasteiger partial charge >= 0.3 is 0 Å². The monoisotopic (exact) mass is 319 g/mol. The van der Waals surface area contributed by atoms with Gasteiger partial charge in [0, 0.05) is 30.2 Å². The molecule has 0 spiro atoms. The number of allylic oxidation sites excluding steroid dienone is 1. The van der Waals surface area contributed by atoms with Gasteiger partial charge in [-0.3, -0.25) is 4.40 Å². The number of nitriles is 1. The van der Waals surface area contributed by atoms with Crippen LogP contribution in [-0.4, -0.2) is 19.5 Å². The molecular formula is C17H13N5O2. The quantitative estimate of drug-likeness (QED) is 0.709. The molecule has 4 rings (SSSR count). The predicted octanol–water partition coefficient (Wildman–Crippen LogP) is 1.96. The van der Waals surface area contributed by atoms with Crippen LogP contribution < -0.4 is 10.5 Å². The number of benzene rings is 1. The summed E-state index contributed by atoms with van der Waals surface area (Å²) in [5.41, 5.74) is 8.42. The molecule has 2 aromatic heterocycles. The molecule has 0 fully saturated rings. The van der Waals surface area contributed by atoms with E-state index in [9.17, 15) is 10.4 Å². The molecule has 0 saturated heterocycles. The number of hydrogen-bond donors (Lipinski definition) is 2. The summed E-state index contributed by atoms with van der Waals surface area (Å²) >= 11 is 0. The van der Waals surface area contributed by atoms with Crippen molar-refractivity contribution in [2.45, 2.75) is 12.8 Å². The average Bonchev–Trinajstić information content (AvgIpc) is 2.96. The lowest BCUT2D eigenvalue weighted by molar-refractivity contribution is 0.387. The molecule has 24 heavy (non-hydrogen) atoms. The number of nitrogens with two attached hydrogens (primary N) is 1. The number of aryl methyl sites for hydroxylation is 1. The van der Waals surface area contributed by atoms with Crippen LogP contribution in [0.4, 0.5) is 0 Å². The molecule has 0 radical (unpaired) electrons. The van der Waals surface area contributed by atoms with Crippen molar-refractivity contribution in [3.05, 3.63) is 65.1 Å².